The van der Waals surface area contributed by atoms with Crippen LogP contribution in [0.15, 0.2) is 35.5 Å². The van der Waals surface area contributed by atoms with Gasteiger partial charge in [-0.25, -0.2) is 4.98 Å². The fraction of sp³-hybridized carbons (Fsp3) is 0.474. The third-order valence-corrected chi connectivity index (χ3v) is 5.06. The molecule has 0 fully saturated rings. The highest BCUT2D eigenvalue weighted by Gasteiger charge is 2.05. The van der Waals surface area contributed by atoms with Gasteiger partial charge in [-0.1, -0.05) is 31.2 Å². The van der Waals surface area contributed by atoms with Gasteiger partial charge in [0.2, 0.25) is 0 Å². The highest BCUT2D eigenvalue weighted by atomic mass is 127. The maximum Gasteiger partial charge on any atom is 0.191 e. The van der Waals surface area contributed by atoms with Crippen LogP contribution in [0.5, 0.6) is 0 Å². The van der Waals surface area contributed by atoms with Crippen molar-refractivity contribution in [2.24, 2.45) is 4.99 Å². The normalized spacial score (nSPS) is 11.3. The fourth-order valence-corrected chi connectivity index (χ4v) is 3.40. The molecule has 7 heteroatoms. The van der Waals surface area contributed by atoms with E-state index in [1.54, 1.807) is 18.4 Å². The second-order valence-electron chi connectivity index (χ2n) is 6.18. The number of hydrogen-bond acceptors (Lipinski definition) is 4. The molecule has 1 aromatic heterocycles. The molecule has 2 rings (SSSR count). The molecule has 1 aromatic carbocycles. The molecule has 26 heavy (non-hydrogen) atoms. The molecular weight excluding hydrogens is 457 g/mol. The van der Waals surface area contributed by atoms with Crippen molar-refractivity contribution < 1.29 is 0 Å². The number of aryl methyl sites for hydroxylation is 1. The van der Waals surface area contributed by atoms with Crippen LogP contribution in [-0.2, 0) is 25.9 Å². The van der Waals surface area contributed by atoms with Gasteiger partial charge in [-0.2, -0.15) is 0 Å². The maximum absolute atomic E-state index is 4.46. The molecule has 5 nitrogen and oxygen atoms in total. The van der Waals surface area contributed by atoms with E-state index in [0.717, 1.165) is 38.4 Å². The molecule has 144 valence electrons. The standard InChI is InChI=1S/C19H29N5S.HI/c1-5-17-13-22-18(25-17)10-11-21-19(20-2)23-12-15-8-6-7-9-16(15)14-24(3)4;/h6-9,13H,5,10-12,14H2,1-4H3,(H2,20,21,23);1H. The lowest BCUT2D eigenvalue weighted by Crippen LogP contribution is -2.38. The molecule has 1 heterocycles. The van der Waals surface area contributed by atoms with Gasteiger partial charge in [0.25, 0.3) is 0 Å². The van der Waals surface area contributed by atoms with Gasteiger partial charge in [-0.15, -0.1) is 35.3 Å². The molecule has 2 aromatic rings. The van der Waals surface area contributed by atoms with Gasteiger partial charge < -0.3 is 15.5 Å². The van der Waals surface area contributed by atoms with Gasteiger partial charge in [0.05, 0.1) is 5.01 Å². The molecule has 0 aliphatic carbocycles. The third-order valence-electron chi connectivity index (χ3n) is 3.86. The summed E-state index contributed by atoms with van der Waals surface area (Å²) in [5, 5.41) is 7.95. The van der Waals surface area contributed by atoms with Crippen LogP contribution in [0.4, 0.5) is 0 Å². The summed E-state index contributed by atoms with van der Waals surface area (Å²) in [5.74, 6) is 0.826. The van der Waals surface area contributed by atoms with E-state index in [9.17, 15) is 0 Å². The predicted molar refractivity (Wildman–Crippen MR) is 123 cm³/mol. The van der Waals surface area contributed by atoms with E-state index in [1.165, 1.54) is 21.0 Å². The second kappa shape index (κ2) is 12.2. The number of hydrogen-bond donors (Lipinski definition) is 2. The first-order valence-electron chi connectivity index (χ1n) is 8.72. The van der Waals surface area contributed by atoms with Gasteiger partial charge in [0.1, 0.15) is 0 Å². The van der Waals surface area contributed by atoms with E-state index >= 15 is 0 Å². The lowest BCUT2D eigenvalue weighted by molar-refractivity contribution is 0.400. The Kier molecular flexibility index (Phi) is 10.8. The number of nitrogens with one attached hydrogen (secondary N) is 2. The zero-order chi connectivity index (χ0) is 18.1. The van der Waals surface area contributed by atoms with Crippen LogP contribution in [0.2, 0.25) is 0 Å². The quantitative estimate of drug-likeness (QED) is 0.341. The average molecular weight is 487 g/mol. The van der Waals surface area contributed by atoms with Gasteiger partial charge in [0, 0.05) is 44.2 Å². The van der Waals surface area contributed by atoms with Gasteiger partial charge in [0.15, 0.2) is 5.96 Å². The minimum Gasteiger partial charge on any atom is -0.356 e. The van der Waals surface area contributed by atoms with Crippen LogP contribution >= 0.6 is 35.3 Å². The molecule has 0 aliphatic heterocycles. The van der Waals surface area contributed by atoms with Crippen molar-refractivity contribution in [1.82, 2.24) is 20.5 Å². The average Bonchev–Trinajstić information content (AvgIpc) is 3.06. The molecule has 0 unspecified atom stereocenters. The van der Waals surface area contributed by atoms with Crippen molar-refractivity contribution in [3.63, 3.8) is 0 Å². The summed E-state index contributed by atoms with van der Waals surface area (Å²) in [6, 6.07) is 8.52. The molecule has 0 saturated heterocycles. The molecular formula is C19H30IN5S. The first-order chi connectivity index (χ1) is 12.1. The van der Waals surface area contributed by atoms with Crippen molar-refractivity contribution in [2.75, 3.05) is 27.7 Å². The Labute approximate surface area is 178 Å². The summed E-state index contributed by atoms with van der Waals surface area (Å²) in [6.07, 6.45) is 3.96. The van der Waals surface area contributed by atoms with E-state index in [2.05, 4.69) is 70.8 Å². The number of benzene rings is 1. The summed E-state index contributed by atoms with van der Waals surface area (Å²) in [6.45, 7) is 4.69. The van der Waals surface area contributed by atoms with Crippen LogP contribution in [-0.4, -0.2) is 43.5 Å². The monoisotopic (exact) mass is 487 g/mol. The summed E-state index contributed by atoms with van der Waals surface area (Å²) in [7, 11) is 5.99. The van der Waals surface area contributed by atoms with Crippen LogP contribution in [0.25, 0.3) is 0 Å². The Hall–Kier alpha value is -1.19. The first kappa shape index (κ1) is 22.9. The summed E-state index contributed by atoms with van der Waals surface area (Å²) in [5.41, 5.74) is 2.64. The molecule has 2 N–H and O–H groups in total. The lowest BCUT2D eigenvalue weighted by atomic mass is 10.1. The number of guanidine groups is 1. The van der Waals surface area contributed by atoms with Crippen LogP contribution < -0.4 is 10.6 Å². The minimum atomic E-state index is 0. The lowest BCUT2D eigenvalue weighted by Gasteiger charge is -2.16. The predicted octanol–water partition coefficient (Wildman–Crippen LogP) is 3.29. The second-order valence-corrected chi connectivity index (χ2v) is 7.38. The largest absolute Gasteiger partial charge is 0.356 e. The van der Waals surface area contributed by atoms with E-state index in [1.807, 2.05) is 6.20 Å². The van der Waals surface area contributed by atoms with Crippen molar-refractivity contribution in [1.29, 1.82) is 0 Å². The van der Waals surface area contributed by atoms with Crippen molar-refractivity contribution in [3.8, 4) is 0 Å². The Morgan fingerprint density at radius 1 is 1.19 bits per heavy atom. The number of aromatic nitrogens is 1. The number of nitrogens with zero attached hydrogens (tertiary/aromatic N) is 3. The van der Waals surface area contributed by atoms with E-state index in [4.69, 9.17) is 0 Å². The summed E-state index contributed by atoms with van der Waals surface area (Å²) in [4.78, 5) is 12.3. The van der Waals surface area contributed by atoms with Crippen molar-refractivity contribution in [2.45, 2.75) is 32.9 Å². The molecule has 0 atom stereocenters. The molecule has 0 amide bonds. The number of halogens is 1. The van der Waals surface area contributed by atoms with Crippen LogP contribution in [0.1, 0.15) is 27.9 Å². The van der Waals surface area contributed by atoms with Gasteiger partial charge in [-0.05, 0) is 31.6 Å². The first-order valence-corrected chi connectivity index (χ1v) is 9.53. The zero-order valence-electron chi connectivity index (χ0n) is 16.1. The van der Waals surface area contributed by atoms with Crippen LogP contribution in [0, 0.1) is 0 Å². The number of rotatable bonds is 8. The highest BCUT2D eigenvalue weighted by Crippen LogP contribution is 2.13. The summed E-state index contributed by atoms with van der Waals surface area (Å²) >= 11 is 1.79. The van der Waals surface area contributed by atoms with E-state index in [0.29, 0.717) is 0 Å². The molecule has 0 radical (unpaired) electrons. The van der Waals surface area contributed by atoms with Crippen molar-refractivity contribution >= 4 is 41.3 Å². The Balaban J connectivity index is 0.00000338. The summed E-state index contributed by atoms with van der Waals surface area (Å²) < 4.78 is 0. The minimum absolute atomic E-state index is 0. The van der Waals surface area contributed by atoms with E-state index < -0.39 is 0 Å². The van der Waals surface area contributed by atoms with Gasteiger partial charge in [-0.3, -0.25) is 4.99 Å². The molecule has 0 saturated carbocycles. The topological polar surface area (TPSA) is 52.6 Å². The Morgan fingerprint density at radius 2 is 1.92 bits per heavy atom. The van der Waals surface area contributed by atoms with Gasteiger partial charge >= 0.3 is 0 Å². The van der Waals surface area contributed by atoms with Crippen molar-refractivity contribution in [3.05, 3.63) is 51.5 Å². The van der Waals surface area contributed by atoms with E-state index in [-0.39, 0.29) is 24.0 Å². The SMILES string of the molecule is CCc1cnc(CCNC(=NC)NCc2ccccc2CN(C)C)s1.I. The fourth-order valence-electron chi connectivity index (χ4n) is 2.54. The zero-order valence-corrected chi connectivity index (χ0v) is 19.2. The number of aliphatic imine (C=N–C) groups is 1. The third kappa shape index (κ3) is 7.59. The molecule has 0 spiro atoms. The Morgan fingerprint density at radius 3 is 2.54 bits per heavy atom. The smallest absolute Gasteiger partial charge is 0.191 e. The highest BCUT2D eigenvalue weighted by molar-refractivity contribution is 14.0. The number of thiazole rings is 1. The molecule has 0 bridgehead atoms. The Bertz CT molecular complexity index is 684. The maximum atomic E-state index is 4.46. The molecule has 0 aliphatic rings. The van der Waals surface area contributed by atoms with Crippen LogP contribution in [0.3, 0.4) is 0 Å².